The fourth-order valence-corrected chi connectivity index (χ4v) is 4.09. The lowest BCUT2D eigenvalue weighted by molar-refractivity contribution is -0.132. The van der Waals surface area contributed by atoms with Crippen LogP contribution in [0.2, 0.25) is 0 Å². The van der Waals surface area contributed by atoms with Gasteiger partial charge in [-0.3, -0.25) is 4.79 Å². The first-order valence-corrected chi connectivity index (χ1v) is 9.08. The average molecular weight is 320 g/mol. The number of hydrogen-bond acceptors (Lipinski definition) is 5. The van der Waals surface area contributed by atoms with E-state index in [1.54, 1.807) is 4.90 Å². The molecule has 1 amide bonds. The Hall–Kier alpha value is -0.700. The third kappa shape index (κ3) is 4.64. The number of carbonyl (C=O) groups is 1. The van der Waals surface area contributed by atoms with Crippen LogP contribution in [-0.2, 0) is 19.6 Å². The highest BCUT2D eigenvalue weighted by atomic mass is 32.2. The number of rotatable bonds is 5. The fraction of sp³-hybridized carbons (Fsp3) is 0.923. The number of aliphatic hydroxyl groups excluding tert-OH is 1. The molecule has 1 N–H and O–H groups in total. The zero-order valence-electron chi connectivity index (χ0n) is 12.2. The Morgan fingerprint density at radius 3 is 2.33 bits per heavy atom. The van der Waals surface area contributed by atoms with Crippen LogP contribution in [0.4, 0.5) is 0 Å². The molecule has 0 atom stereocenters. The van der Waals surface area contributed by atoms with Crippen LogP contribution in [-0.4, -0.2) is 80.4 Å². The molecule has 122 valence electrons. The molecule has 0 aliphatic carbocycles. The van der Waals surface area contributed by atoms with Gasteiger partial charge in [0.05, 0.1) is 19.0 Å². The minimum atomic E-state index is -3.37. The van der Waals surface area contributed by atoms with Gasteiger partial charge in [-0.25, -0.2) is 8.42 Å². The van der Waals surface area contributed by atoms with Gasteiger partial charge in [0.15, 0.2) is 0 Å². The van der Waals surface area contributed by atoms with E-state index in [9.17, 15) is 13.2 Å². The molecule has 0 aromatic carbocycles. The van der Waals surface area contributed by atoms with Gasteiger partial charge in [0, 0.05) is 39.2 Å². The van der Waals surface area contributed by atoms with Crippen molar-refractivity contribution in [2.75, 3.05) is 51.8 Å². The summed E-state index contributed by atoms with van der Waals surface area (Å²) in [4.78, 5) is 13.8. The van der Waals surface area contributed by atoms with Crippen LogP contribution in [0.1, 0.15) is 19.3 Å². The van der Waals surface area contributed by atoms with Crippen molar-refractivity contribution in [1.29, 1.82) is 0 Å². The minimum absolute atomic E-state index is 0.0312. The largest absolute Gasteiger partial charge is 0.396 e. The summed E-state index contributed by atoms with van der Waals surface area (Å²) in [5, 5.41) is 9.07. The fourth-order valence-electron chi connectivity index (χ4n) is 2.69. The molecular formula is C13H24N2O5S. The molecule has 0 bridgehead atoms. The first-order valence-electron chi connectivity index (χ1n) is 7.47. The highest BCUT2D eigenvalue weighted by Crippen LogP contribution is 2.17. The lowest BCUT2D eigenvalue weighted by atomic mass is 9.98. The van der Waals surface area contributed by atoms with E-state index in [-0.39, 0.29) is 30.6 Å². The SMILES string of the molecule is O=C(CCS(=O)(=O)N1CCOCC1)N1CCC(CO)CC1. The smallest absolute Gasteiger partial charge is 0.223 e. The molecule has 2 aliphatic rings. The highest BCUT2D eigenvalue weighted by molar-refractivity contribution is 7.89. The summed E-state index contributed by atoms with van der Waals surface area (Å²) in [6.07, 6.45) is 1.61. The quantitative estimate of drug-likeness (QED) is 0.722. The second-order valence-electron chi connectivity index (χ2n) is 5.58. The van der Waals surface area contributed by atoms with Crippen LogP contribution in [0, 0.1) is 5.92 Å². The van der Waals surface area contributed by atoms with Crippen molar-refractivity contribution in [2.45, 2.75) is 19.3 Å². The molecule has 0 spiro atoms. The van der Waals surface area contributed by atoms with Crippen molar-refractivity contribution in [3.63, 3.8) is 0 Å². The van der Waals surface area contributed by atoms with Gasteiger partial charge in [0.25, 0.3) is 0 Å². The summed E-state index contributed by atoms with van der Waals surface area (Å²) in [6, 6.07) is 0. The molecule has 0 aromatic heterocycles. The number of hydrogen-bond donors (Lipinski definition) is 1. The van der Waals surface area contributed by atoms with Crippen molar-refractivity contribution in [3.05, 3.63) is 0 Å². The first kappa shape index (κ1) is 16.7. The van der Waals surface area contributed by atoms with Crippen LogP contribution in [0.15, 0.2) is 0 Å². The van der Waals surface area contributed by atoms with Crippen LogP contribution in [0.5, 0.6) is 0 Å². The second-order valence-corrected chi connectivity index (χ2v) is 7.67. The summed E-state index contributed by atoms with van der Waals surface area (Å²) >= 11 is 0. The van der Waals surface area contributed by atoms with Crippen molar-refractivity contribution in [1.82, 2.24) is 9.21 Å². The molecule has 2 heterocycles. The summed E-state index contributed by atoms with van der Waals surface area (Å²) in [6.45, 7) is 2.97. The molecule has 2 rings (SSSR count). The molecule has 2 aliphatic heterocycles. The number of aliphatic hydroxyl groups is 1. The van der Waals surface area contributed by atoms with E-state index in [4.69, 9.17) is 9.84 Å². The average Bonchev–Trinajstić information content (AvgIpc) is 2.53. The summed E-state index contributed by atoms with van der Waals surface area (Å²) in [5.41, 5.74) is 0. The van der Waals surface area contributed by atoms with Crippen molar-refractivity contribution >= 4 is 15.9 Å². The molecule has 0 saturated carbocycles. The Morgan fingerprint density at radius 1 is 1.14 bits per heavy atom. The minimum Gasteiger partial charge on any atom is -0.396 e. The van der Waals surface area contributed by atoms with Crippen molar-refractivity contribution < 1.29 is 23.1 Å². The number of piperidine rings is 1. The number of sulfonamides is 1. The predicted octanol–water partition coefficient (Wildman–Crippen LogP) is -0.731. The normalized spacial score (nSPS) is 22.4. The lowest BCUT2D eigenvalue weighted by Gasteiger charge is -2.31. The first-order chi connectivity index (χ1) is 10.0. The maximum atomic E-state index is 12.1. The van der Waals surface area contributed by atoms with E-state index in [0.29, 0.717) is 39.4 Å². The van der Waals surface area contributed by atoms with E-state index < -0.39 is 10.0 Å². The van der Waals surface area contributed by atoms with E-state index >= 15 is 0 Å². The monoisotopic (exact) mass is 320 g/mol. The second kappa shape index (κ2) is 7.53. The van der Waals surface area contributed by atoms with E-state index in [2.05, 4.69) is 0 Å². The predicted molar refractivity (Wildman–Crippen MR) is 77.2 cm³/mol. The number of likely N-dealkylation sites (tertiary alicyclic amines) is 1. The Labute approximate surface area is 125 Å². The molecule has 0 radical (unpaired) electrons. The van der Waals surface area contributed by atoms with Gasteiger partial charge in [0.2, 0.25) is 15.9 Å². The molecule has 0 aromatic rings. The Balaban J connectivity index is 1.78. The number of ether oxygens (including phenoxy) is 1. The van der Waals surface area contributed by atoms with E-state index in [1.807, 2.05) is 0 Å². The topological polar surface area (TPSA) is 87.2 Å². The third-order valence-electron chi connectivity index (χ3n) is 4.16. The highest BCUT2D eigenvalue weighted by Gasteiger charge is 2.27. The van der Waals surface area contributed by atoms with Crippen LogP contribution < -0.4 is 0 Å². The van der Waals surface area contributed by atoms with Gasteiger partial charge in [-0.1, -0.05) is 0 Å². The Bertz CT molecular complexity index is 439. The Morgan fingerprint density at radius 2 is 1.76 bits per heavy atom. The summed E-state index contributed by atoms with van der Waals surface area (Å²) in [7, 11) is -3.37. The number of amides is 1. The number of carbonyl (C=O) groups excluding carboxylic acids is 1. The molecule has 2 saturated heterocycles. The molecule has 0 unspecified atom stereocenters. The van der Waals surface area contributed by atoms with Crippen molar-refractivity contribution in [3.8, 4) is 0 Å². The van der Waals surface area contributed by atoms with Crippen LogP contribution >= 0.6 is 0 Å². The van der Waals surface area contributed by atoms with Gasteiger partial charge in [-0.2, -0.15) is 4.31 Å². The van der Waals surface area contributed by atoms with Gasteiger partial charge >= 0.3 is 0 Å². The molecule has 2 fully saturated rings. The third-order valence-corrected chi connectivity index (χ3v) is 6.03. The molecule has 7 nitrogen and oxygen atoms in total. The standard InChI is InChI=1S/C13H24N2O5S/c16-11-12-1-4-14(5-2-12)13(17)3-10-21(18,19)15-6-8-20-9-7-15/h12,16H,1-11H2. The lowest BCUT2D eigenvalue weighted by Crippen LogP contribution is -2.43. The van der Waals surface area contributed by atoms with E-state index in [0.717, 1.165) is 12.8 Å². The summed E-state index contributed by atoms with van der Waals surface area (Å²) in [5.74, 6) is 0.0283. The van der Waals surface area contributed by atoms with E-state index in [1.165, 1.54) is 4.31 Å². The molecule has 8 heteroatoms. The maximum Gasteiger partial charge on any atom is 0.223 e. The number of morpholine rings is 1. The van der Waals surface area contributed by atoms with Gasteiger partial charge in [-0.05, 0) is 18.8 Å². The zero-order chi connectivity index (χ0) is 15.3. The Kier molecular flexibility index (Phi) is 5.98. The van der Waals surface area contributed by atoms with Crippen LogP contribution in [0.3, 0.4) is 0 Å². The zero-order valence-corrected chi connectivity index (χ0v) is 13.1. The maximum absolute atomic E-state index is 12.1. The van der Waals surface area contributed by atoms with Gasteiger partial charge < -0.3 is 14.7 Å². The molecular weight excluding hydrogens is 296 g/mol. The molecule has 21 heavy (non-hydrogen) atoms. The van der Waals surface area contributed by atoms with Crippen LogP contribution in [0.25, 0.3) is 0 Å². The summed E-state index contributed by atoms with van der Waals surface area (Å²) < 4.78 is 30.8. The van der Waals surface area contributed by atoms with Gasteiger partial charge in [-0.15, -0.1) is 0 Å². The number of nitrogens with zero attached hydrogens (tertiary/aromatic N) is 2. The van der Waals surface area contributed by atoms with Gasteiger partial charge in [0.1, 0.15) is 0 Å². The van der Waals surface area contributed by atoms with Crippen molar-refractivity contribution in [2.24, 2.45) is 5.92 Å².